The van der Waals surface area contributed by atoms with E-state index in [1.807, 2.05) is 6.92 Å². The van der Waals surface area contributed by atoms with Crippen LogP contribution in [0.5, 0.6) is 0 Å². The first-order chi connectivity index (χ1) is 10.9. The summed E-state index contributed by atoms with van der Waals surface area (Å²) in [5, 5.41) is 20.4. The van der Waals surface area contributed by atoms with Gasteiger partial charge in [0.15, 0.2) is 0 Å². The number of hydrogen-bond acceptors (Lipinski definition) is 6. The number of benzene rings is 1. The van der Waals surface area contributed by atoms with Crippen LogP contribution in [0.1, 0.15) is 11.3 Å². The van der Waals surface area contributed by atoms with Crippen molar-refractivity contribution in [2.45, 2.75) is 18.4 Å². The van der Waals surface area contributed by atoms with Crippen LogP contribution in [0.4, 0.5) is 5.69 Å². The molecule has 0 aliphatic rings. The normalized spacial score (nSPS) is 11.5. The Bertz CT molecular complexity index is 770. The molecule has 124 valence electrons. The molecule has 0 atom stereocenters. The lowest BCUT2D eigenvalue weighted by molar-refractivity contribution is -0.384. The Morgan fingerprint density at radius 3 is 2.52 bits per heavy atom. The van der Waals surface area contributed by atoms with Crippen LogP contribution in [0.2, 0.25) is 0 Å². The fourth-order valence-corrected chi connectivity index (χ4v) is 2.91. The molecule has 1 aromatic heterocycles. The van der Waals surface area contributed by atoms with Gasteiger partial charge in [-0.2, -0.15) is 5.10 Å². The second-order valence-corrected chi connectivity index (χ2v) is 6.61. The third-order valence-corrected chi connectivity index (χ3v) is 4.68. The van der Waals surface area contributed by atoms with E-state index in [9.17, 15) is 18.5 Å². The average Bonchev–Trinajstić information content (AvgIpc) is 2.92. The second kappa shape index (κ2) is 7.31. The average molecular weight is 339 g/mol. The standard InChI is InChI=1S/C13H17N5O4S/c1-10-11(9-15-17-10)8-14-6-7-16-23(21,22)13-4-2-12(3-5-13)18(19)20/h2-5,9,14,16H,6-8H2,1H3,(H,15,17). The minimum Gasteiger partial charge on any atom is -0.311 e. The highest BCUT2D eigenvalue weighted by Crippen LogP contribution is 2.15. The van der Waals surface area contributed by atoms with Crippen molar-refractivity contribution >= 4 is 15.7 Å². The molecule has 0 aliphatic heterocycles. The topological polar surface area (TPSA) is 130 Å². The van der Waals surface area contributed by atoms with E-state index in [-0.39, 0.29) is 17.1 Å². The molecule has 23 heavy (non-hydrogen) atoms. The van der Waals surface area contributed by atoms with Crippen LogP contribution in [0.15, 0.2) is 35.4 Å². The number of aromatic nitrogens is 2. The number of rotatable bonds is 8. The number of nitrogens with one attached hydrogen (secondary N) is 3. The summed E-state index contributed by atoms with van der Waals surface area (Å²) in [5.74, 6) is 0. The summed E-state index contributed by atoms with van der Waals surface area (Å²) in [6.07, 6.45) is 1.71. The highest BCUT2D eigenvalue weighted by molar-refractivity contribution is 7.89. The molecular weight excluding hydrogens is 322 g/mol. The molecule has 1 heterocycles. The maximum atomic E-state index is 12.0. The zero-order valence-electron chi connectivity index (χ0n) is 12.4. The number of hydrogen-bond donors (Lipinski definition) is 3. The first kappa shape index (κ1) is 17.1. The van der Waals surface area contributed by atoms with Crippen LogP contribution >= 0.6 is 0 Å². The molecule has 2 aromatic rings. The highest BCUT2D eigenvalue weighted by atomic mass is 32.2. The molecule has 0 amide bonds. The summed E-state index contributed by atoms with van der Waals surface area (Å²) in [6.45, 7) is 3.13. The van der Waals surface area contributed by atoms with Crippen LogP contribution in [0.25, 0.3) is 0 Å². The van der Waals surface area contributed by atoms with Crippen LogP contribution in [-0.2, 0) is 16.6 Å². The van der Waals surface area contributed by atoms with Gasteiger partial charge in [-0.15, -0.1) is 0 Å². The van der Waals surface area contributed by atoms with Gasteiger partial charge in [-0.3, -0.25) is 15.2 Å². The Kier molecular flexibility index (Phi) is 5.42. The molecule has 0 aliphatic carbocycles. The fourth-order valence-electron chi connectivity index (χ4n) is 1.88. The van der Waals surface area contributed by atoms with Crippen LogP contribution in [0.3, 0.4) is 0 Å². The summed E-state index contributed by atoms with van der Waals surface area (Å²) >= 11 is 0. The fraction of sp³-hybridized carbons (Fsp3) is 0.308. The number of sulfonamides is 1. The molecule has 0 saturated carbocycles. The highest BCUT2D eigenvalue weighted by Gasteiger charge is 2.15. The number of H-pyrrole nitrogens is 1. The van der Waals surface area contributed by atoms with E-state index in [4.69, 9.17) is 0 Å². The van der Waals surface area contributed by atoms with Gasteiger partial charge in [0.1, 0.15) is 0 Å². The molecule has 0 bridgehead atoms. The second-order valence-electron chi connectivity index (χ2n) is 4.85. The maximum Gasteiger partial charge on any atom is 0.269 e. The first-order valence-corrected chi connectivity index (χ1v) is 8.32. The van der Waals surface area contributed by atoms with Gasteiger partial charge in [0, 0.05) is 43.0 Å². The first-order valence-electron chi connectivity index (χ1n) is 6.84. The van der Waals surface area contributed by atoms with Gasteiger partial charge in [-0.05, 0) is 19.1 Å². The zero-order valence-corrected chi connectivity index (χ0v) is 13.3. The molecule has 0 spiro atoms. The Morgan fingerprint density at radius 2 is 1.96 bits per heavy atom. The molecule has 2 rings (SSSR count). The van der Waals surface area contributed by atoms with Crippen molar-refractivity contribution < 1.29 is 13.3 Å². The number of nitro benzene ring substituents is 1. The van der Waals surface area contributed by atoms with E-state index in [0.29, 0.717) is 13.1 Å². The lowest BCUT2D eigenvalue weighted by Crippen LogP contribution is -2.31. The largest absolute Gasteiger partial charge is 0.311 e. The van der Waals surface area contributed by atoms with E-state index in [0.717, 1.165) is 23.4 Å². The van der Waals surface area contributed by atoms with E-state index >= 15 is 0 Å². The Balaban J connectivity index is 1.82. The van der Waals surface area contributed by atoms with Crippen molar-refractivity contribution in [3.63, 3.8) is 0 Å². The number of non-ortho nitro benzene ring substituents is 1. The smallest absolute Gasteiger partial charge is 0.269 e. The molecule has 1 aromatic carbocycles. The van der Waals surface area contributed by atoms with Gasteiger partial charge in [0.2, 0.25) is 10.0 Å². The SMILES string of the molecule is Cc1[nH]ncc1CNCCNS(=O)(=O)c1ccc([N+](=O)[O-])cc1. The van der Waals surface area contributed by atoms with E-state index in [1.54, 1.807) is 6.20 Å². The predicted molar refractivity (Wildman–Crippen MR) is 83.3 cm³/mol. The lowest BCUT2D eigenvalue weighted by atomic mass is 10.3. The van der Waals surface area contributed by atoms with Crippen molar-refractivity contribution in [1.82, 2.24) is 20.2 Å². The van der Waals surface area contributed by atoms with Crippen molar-refractivity contribution in [2.75, 3.05) is 13.1 Å². The molecule has 10 heteroatoms. The lowest BCUT2D eigenvalue weighted by Gasteiger charge is -2.07. The number of aromatic amines is 1. The number of nitrogens with zero attached hydrogens (tertiary/aromatic N) is 2. The summed E-state index contributed by atoms with van der Waals surface area (Å²) in [5.41, 5.74) is 1.83. The number of nitro groups is 1. The zero-order chi connectivity index (χ0) is 16.9. The van der Waals surface area contributed by atoms with Crippen molar-refractivity contribution in [1.29, 1.82) is 0 Å². The molecular formula is C13H17N5O4S. The molecule has 0 fully saturated rings. The summed E-state index contributed by atoms with van der Waals surface area (Å²) in [4.78, 5) is 9.97. The van der Waals surface area contributed by atoms with E-state index in [1.165, 1.54) is 12.1 Å². The third kappa shape index (κ3) is 4.58. The van der Waals surface area contributed by atoms with Crippen molar-refractivity contribution in [2.24, 2.45) is 0 Å². The third-order valence-electron chi connectivity index (χ3n) is 3.20. The van der Waals surface area contributed by atoms with Crippen LogP contribution < -0.4 is 10.0 Å². The Hall–Kier alpha value is -2.30. The van der Waals surface area contributed by atoms with Gasteiger partial charge in [-0.25, -0.2) is 13.1 Å². The molecule has 3 N–H and O–H groups in total. The van der Waals surface area contributed by atoms with Crippen molar-refractivity contribution in [3.05, 3.63) is 51.8 Å². The maximum absolute atomic E-state index is 12.0. The predicted octanol–water partition coefficient (Wildman–Crippen LogP) is 0.694. The van der Waals surface area contributed by atoms with E-state index < -0.39 is 14.9 Å². The van der Waals surface area contributed by atoms with Gasteiger partial charge >= 0.3 is 0 Å². The van der Waals surface area contributed by atoms with E-state index in [2.05, 4.69) is 20.2 Å². The molecule has 9 nitrogen and oxygen atoms in total. The Morgan fingerprint density at radius 1 is 1.26 bits per heavy atom. The monoisotopic (exact) mass is 339 g/mol. The number of aryl methyl sites for hydroxylation is 1. The molecule has 0 unspecified atom stereocenters. The van der Waals surface area contributed by atoms with Gasteiger partial charge < -0.3 is 5.32 Å². The molecule has 0 radical (unpaired) electrons. The minimum atomic E-state index is -3.68. The summed E-state index contributed by atoms with van der Waals surface area (Å²) < 4.78 is 26.5. The van der Waals surface area contributed by atoms with Crippen LogP contribution in [0, 0.1) is 17.0 Å². The minimum absolute atomic E-state index is 0.00576. The summed E-state index contributed by atoms with van der Waals surface area (Å²) in [6, 6.07) is 4.74. The van der Waals surface area contributed by atoms with Crippen LogP contribution in [-0.4, -0.2) is 36.6 Å². The Labute approximate surface area is 133 Å². The summed E-state index contributed by atoms with van der Waals surface area (Å²) in [7, 11) is -3.68. The van der Waals surface area contributed by atoms with Gasteiger partial charge in [0.25, 0.3) is 5.69 Å². The molecule has 0 saturated heterocycles. The van der Waals surface area contributed by atoms with Gasteiger partial charge in [0.05, 0.1) is 16.0 Å². The quantitative estimate of drug-likeness (QED) is 0.368. The van der Waals surface area contributed by atoms with Crippen molar-refractivity contribution in [3.8, 4) is 0 Å². The van der Waals surface area contributed by atoms with Gasteiger partial charge in [-0.1, -0.05) is 0 Å².